The molecule has 16 heavy (non-hydrogen) atoms. The van der Waals surface area contributed by atoms with E-state index in [0.29, 0.717) is 19.6 Å². The van der Waals surface area contributed by atoms with Gasteiger partial charge in [-0.15, -0.1) is 0 Å². The summed E-state index contributed by atoms with van der Waals surface area (Å²) in [5, 5.41) is 4.22. The van der Waals surface area contributed by atoms with Crippen LogP contribution in [0.5, 0.6) is 0 Å². The fourth-order valence-corrected chi connectivity index (χ4v) is 1.31. The molecule has 1 rings (SSSR count). The molecule has 1 aromatic heterocycles. The number of hydrogen-bond donors (Lipinski definition) is 0. The Bertz CT molecular complexity index is 350. The van der Waals surface area contributed by atoms with E-state index in [2.05, 4.69) is 25.9 Å². The number of carbonyl (C=O) groups is 1. The highest BCUT2D eigenvalue weighted by atomic mass is 16.5. The van der Waals surface area contributed by atoms with Crippen molar-refractivity contribution in [2.75, 3.05) is 6.61 Å². The molecular weight excluding hydrogens is 204 g/mol. The lowest BCUT2D eigenvalue weighted by Crippen LogP contribution is -2.11. The molecule has 1 heterocycles. The zero-order valence-electron chi connectivity index (χ0n) is 10.5. The topological polar surface area (TPSA) is 44.1 Å². The molecule has 0 saturated heterocycles. The number of nitrogens with zero attached hydrogens (tertiary/aromatic N) is 2. The molecular formula is C12H20N2O2. The van der Waals surface area contributed by atoms with Crippen molar-refractivity contribution >= 4 is 5.97 Å². The fraction of sp³-hybridized carbons (Fsp3) is 0.667. The van der Waals surface area contributed by atoms with Crippen molar-refractivity contribution in [2.45, 2.75) is 46.1 Å². The van der Waals surface area contributed by atoms with Crippen LogP contribution < -0.4 is 0 Å². The van der Waals surface area contributed by atoms with Crippen LogP contribution in [0.25, 0.3) is 0 Å². The number of hydrogen-bond acceptors (Lipinski definition) is 3. The number of aryl methyl sites for hydroxylation is 1. The molecule has 0 N–H and O–H groups in total. The molecule has 0 aliphatic carbocycles. The van der Waals surface area contributed by atoms with Crippen LogP contribution in [0.4, 0.5) is 0 Å². The van der Waals surface area contributed by atoms with E-state index in [1.165, 1.54) is 5.56 Å². The lowest BCUT2D eigenvalue weighted by atomic mass is 9.90. The second-order valence-corrected chi connectivity index (χ2v) is 4.80. The molecule has 0 aliphatic heterocycles. The molecule has 4 nitrogen and oxygen atoms in total. The van der Waals surface area contributed by atoms with Gasteiger partial charge in [0.1, 0.15) is 0 Å². The highest BCUT2D eigenvalue weighted by Crippen LogP contribution is 2.20. The van der Waals surface area contributed by atoms with Crippen molar-refractivity contribution in [3.8, 4) is 0 Å². The summed E-state index contributed by atoms with van der Waals surface area (Å²) in [5.41, 5.74) is 1.28. The Morgan fingerprint density at radius 3 is 2.69 bits per heavy atom. The number of rotatable bonds is 4. The third kappa shape index (κ3) is 3.68. The number of esters is 1. The maximum absolute atomic E-state index is 11.2. The zero-order valence-corrected chi connectivity index (χ0v) is 10.5. The third-order valence-corrected chi connectivity index (χ3v) is 2.35. The van der Waals surface area contributed by atoms with Crippen LogP contribution in [0.1, 0.15) is 39.7 Å². The predicted molar refractivity (Wildman–Crippen MR) is 62.2 cm³/mol. The summed E-state index contributed by atoms with van der Waals surface area (Å²) in [7, 11) is 0. The van der Waals surface area contributed by atoms with Crippen LogP contribution >= 0.6 is 0 Å². The highest BCUT2D eigenvalue weighted by molar-refractivity contribution is 5.69. The fourth-order valence-electron chi connectivity index (χ4n) is 1.31. The zero-order chi connectivity index (χ0) is 12.2. The molecule has 0 saturated carbocycles. The van der Waals surface area contributed by atoms with E-state index in [1.54, 1.807) is 4.68 Å². The van der Waals surface area contributed by atoms with Crippen molar-refractivity contribution in [1.82, 2.24) is 9.78 Å². The highest BCUT2D eigenvalue weighted by Gasteiger charge is 2.15. The van der Waals surface area contributed by atoms with E-state index in [4.69, 9.17) is 4.74 Å². The van der Waals surface area contributed by atoms with Gasteiger partial charge in [-0.1, -0.05) is 20.8 Å². The van der Waals surface area contributed by atoms with Gasteiger partial charge in [0, 0.05) is 6.20 Å². The Balaban J connectivity index is 2.50. The monoisotopic (exact) mass is 224 g/mol. The molecule has 0 aliphatic rings. The molecule has 1 aromatic rings. The van der Waals surface area contributed by atoms with Gasteiger partial charge in [-0.3, -0.25) is 9.48 Å². The molecule has 0 spiro atoms. The Morgan fingerprint density at radius 2 is 2.19 bits per heavy atom. The quantitative estimate of drug-likeness (QED) is 0.736. The number of aromatic nitrogens is 2. The SMILES string of the molecule is CCOC(=O)CCn1cc(C(C)(C)C)cn1. The lowest BCUT2D eigenvalue weighted by Gasteiger charge is -2.14. The Morgan fingerprint density at radius 1 is 1.50 bits per heavy atom. The summed E-state index contributed by atoms with van der Waals surface area (Å²) in [4.78, 5) is 11.2. The minimum atomic E-state index is -0.171. The van der Waals surface area contributed by atoms with Gasteiger partial charge in [0.2, 0.25) is 0 Å². The first-order valence-corrected chi connectivity index (χ1v) is 5.62. The van der Waals surface area contributed by atoms with Gasteiger partial charge in [-0.2, -0.15) is 5.10 Å². The van der Waals surface area contributed by atoms with Gasteiger partial charge in [-0.25, -0.2) is 0 Å². The average Bonchev–Trinajstić information content (AvgIpc) is 2.63. The predicted octanol–water partition coefficient (Wildman–Crippen LogP) is 2.13. The second-order valence-electron chi connectivity index (χ2n) is 4.80. The molecule has 90 valence electrons. The molecule has 0 aromatic carbocycles. The van der Waals surface area contributed by atoms with Gasteiger partial charge < -0.3 is 4.74 Å². The van der Waals surface area contributed by atoms with Gasteiger partial charge in [-0.05, 0) is 17.9 Å². The summed E-state index contributed by atoms with van der Waals surface area (Å²) < 4.78 is 6.65. The van der Waals surface area contributed by atoms with E-state index in [-0.39, 0.29) is 11.4 Å². The summed E-state index contributed by atoms with van der Waals surface area (Å²) in [6.45, 7) is 9.24. The van der Waals surface area contributed by atoms with E-state index in [9.17, 15) is 4.79 Å². The minimum Gasteiger partial charge on any atom is -0.466 e. The third-order valence-electron chi connectivity index (χ3n) is 2.35. The van der Waals surface area contributed by atoms with Crippen LogP contribution in [-0.4, -0.2) is 22.4 Å². The van der Waals surface area contributed by atoms with Crippen LogP contribution in [0, 0.1) is 0 Å². The van der Waals surface area contributed by atoms with Crippen LogP contribution in [0.2, 0.25) is 0 Å². The smallest absolute Gasteiger partial charge is 0.307 e. The maximum Gasteiger partial charge on any atom is 0.307 e. The van der Waals surface area contributed by atoms with Crippen LogP contribution in [0.3, 0.4) is 0 Å². The standard InChI is InChI=1S/C12H20N2O2/c1-5-16-11(15)6-7-14-9-10(8-13-14)12(2,3)4/h8-9H,5-7H2,1-4H3. The molecule has 0 amide bonds. The van der Waals surface area contributed by atoms with E-state index < -0.39 is 0 Å². The first-order valence-electron chi connectivity index (χ1n) is 5.62. The van der Waals surface area contributed by atoms with Crippen LogP contribution in [0.15, 0.2) is 12.4 Å². The first-order chi connectivity index (χ1) is 7.43. The van der Waals surface area contributed by atoms with Crippen molar-refractivity contribution in [1.29, 1.82) is 0 Å². The summed E-state index contributed by atoms with van der Waals surface area (Å²) >= 11 is 0. The molecule has 0 radical (unpaired) electrons. The Labute approximate surface area is 96.6 Å². The largest absolute Gasteiger partial charge is 0.466 e. The summed E-state index contributed by atoms with van der Waals surface area (Å²) in [6, 6.07) is 0. The molecule has 4 heteroatoms. The summed E-state index contributed by atoms with van der Waals surface area (Å²) in [5.74, 6) is -0.171. The van der Waals surface area contributed by atoms with Crippen molar-refractivity contribution in [3.05, 3.63) is 18.0 Å². The van der Waals surface area contributed by atoms with Gasteiger partial charge in [0.15, 0.2) is 0 Å². The number of ether oxygens (including phenoxy) is 1. The minimum absolute atomic E-state index is 0.0994. The summed E-state index contributed by atoms with van der Waals surface area (Å²) in [6.07, 6.45) is 4.21. The molecule has 0 unspecified atom stereocenters. The van der Waals surface area contributed by atoms with E-state index >= 15 is 0 Å². The van der Waals surface area contributed by atoms with Gasteiger partial charge >= 0.3 is 5.97 Å². The molecule has 0 fully saturated rings. The van der Waals surface area contributed by atoms with E-state index in [0.717, 1.165) is 0 Å². The van der Waals surface area contributed by atoms with Crippen molar-refractivity contribution in [3.63, 3.8) is 0 Å². The van der Waals surface area contributed by atoms with Crippen molar-refractivity contribution in [2.24, 2.45) is 0 Å². The normalized spacial score (nSPS) is 11.5. The molecule has 0 atom stereocenters. The van der Waals surface area contributed by atoms with E-state index in [1.807, 2.05) is 19.3 Å². The Hall–Kier alpha value is -1.32. The second kappa shape index (κ2) is 5.14. The first kappa shape index (κ1) is 12.7. The van der Waals surface area contributed by atoms with Gasteiger partial charge in [0.25, 0.3) is 0 Å². The van der Waals surface area contributed by atoms with Crippen molar-refractivity contribution < 1.29 is 9.53 Å². The van der Waals surface area contributed by atoms with Gasteiger partial charge in [0.05, 0.1) is 25.8 Å². The molecule has 0 bridgehead atoms. The van der Waals surface area contributed by atoms with Crippen LogP contribution in [-0.2, 0) is 21.5 Å². The average molecular weight is 224 g/mol. The number of carbonyl (C=O) groups excluding carboxylic acids is 1. The lowest BCUT2D eigenvalue weighted by molar-refractivity contribution is -0.143. The Kier molecular flexibility index (Phi) is 4.10. The maximum atomic E-state index is 11.2.